The monoisotopic (exact) mass is 310 g/mol. The van der Waals surface area contributed by atoms with E-state index in [9.17, 15) is 0 Å². The molecule has 3 nitrogen and oxygen atoms in total. The van der Waals surface area contributed by atoms with Crippen molar-refractivity contribution in [2.45, 2.75) is 13.8 Å². The molecule has 0 atom stereocenters. The summed E-state index contributed by atoms with van der Waals surface area (Å²) >= 11 is 0. The van der Waals surface area contributed by atoms with E-state index in [0.29, 0.717) is 0 Å². The molecule has 6 heteroatoms. The molecule has 1 aromatic rings. The van der Waals surface area contributed by atoms with Gasteiger partial charge in [-0.15, -0.1) is 0 Å². The summed E-state index contributed by atoms with van der Waals surface area (Å²) < 4.78 is 0. The molecule has 93 valence electrons. The second-order valence-corrected chi connectivity index (χ2v) is 2.74. The Balaban J connectivity index is -0.000000653. The van der Waals surface area contributed by atoms with Crippen LogP contribution in [0, 0.1) is 0 Å². The third-order valence-corrected chi connectivity index (χ3v) is 1.60. The molecule has 0 bridgehead atoms. The Kier molecular flexibility index (Phi) is 17.7. The molecule has 0 amide bonds. The minimum Gasteiger partial charge on any atom is -1.00 e. The number of nitrogens with zero attached hydrogens (tertiary/aromatic N) is 3. The second kappa shape index (κ2) is 13.7. The first-order valence-corrected chi connectivity index (χ1v) is 4.83. The first kappa shape index (κ1) is 21.9. The number of hydrogen-bond donors (Lipinski definition) is 0. The molecule has 0 aliphatic heterocycles. The van der Waals surface area contributed by atoms with Crippen molar-refractivity contribution in [1.29, 1.82) is 0 Å². The quantitative estimate of drug-likeness (QED) is 0.522. The van der Waals surface area contributed by atoms with Gasteiger partial charge in [-0.3, -0.25) is 9.98 Å². The number of aromatic nitrogens is 1. The van der Waals surface area contributed by atoms with Gasteiger partial charge in [-0.25, -0.2) is 4.98 Å². The van der Waals surface area contributed by atoms with Crippen molar-refractivity contribution in [3.05, 3.63) is 29.6 Å². The van der Waals surface area contributed by atoms with E-state index in [4.69, 9.17) is 0 Å². The first-order valence-electron chi connectivity index (χ1n) is 4.83. The minimum atomic E-state index is 0. The standard InChI is InChI=1S/C11H15N3.2ClH.V/c1-3-12-8-10-6-5-7-11(14-10)9-13-4-2;;;/h5-9H,3-4H2,1-2H3;2*1H;/q;;;+2/p-2. The average Bonchev–Trinajstić information content (AvgIpc) is 2.24. The molecule has 1 rings (SSSR count). The predicted octanol–water partition coefficient (Wildman–Crippen LogP) is -4.04. The van der Waals surface area contributed by atoms with Crippen LogP contribution in [0.25, 0.3) is 0 Å². The molecule has 1 heterocycles. The second-order valence-electron chi connectivity index (χ2n) is 2.74. The zero-order valence-corrected chi connectivity index (χ0v) is 12.8. The maximum Gasteiger partial charge on any atom is 2.00 e. The van der Waals surface area contributed by atoms with E-state index in [0.717, 1.165) is 24.5 Å². The van der Waals surface area contributed by atoms with Crippen LogP contribution >= 0.6 is 0 Å². The largest absolute Gasteiger partial charge is 2.00 e. The number of rotatable bonds is 4. The normalized spacial score (nSPS) is 9.53. The van der Waals surface area contributed by atoms with Crippen LogP contribution in [0.2, 0.25) is 0 Å². The summed E-state index contributed by atoms with van der Waals surface area (Å²) in [5.41, 5.74) is 1.76. The van der Waals surface area contributed by atoms with Gasteiger partial charge < -0.3 is 24.8 Å². The molecule has 0 N–H and O–H groups in total. The Labute approximate surface area is 127 Å². The van der Waals surface area contributed by atoms with Crippen molar-refractivity contribution in [1.82, 2.24) is 4.98 Å². The fourth-order valence-corrected chi connectivity index (χ4v) is 0.982. The Morgan fingerprint density at radius 1 is 1.00 bits per heavy atom. The van der Waals surface area contributed by atoms with E-state index in [2.05, 4.69) is 15.0 Å². The van der Waals surface area contributed by atoms with Gasteiger partial charge >= 0.3 is 18.6 Å². The molecule has 0 aliphatic carbocycles. The van der Waals surface area contributed by atoms with Crippen LogP contribution in [-0.4, -0.2) is 30.5 Å². The minimum absolute atomic E-state index is 0. The molecule has 0 fully saturated rings. The van der Waals surface area contributed by atoms with Crippen molar-refractivity contribution in [2.75, 3.05) is 13.1 Å². The summed E-state index contributed by atoms with van der Waals surface area (Å²) in [7, 11) is 0. The van der Waals surface area contributed by atoms with Gasteiger partial charge in [-0.05, 0) is 26.0 Å². The van der Waals surface area contributed by atoms with Crippen molar-refractivity contribution in [3.8, 4) is 0 Å². The molecule has 0 saturated heterocycles. The summed E-state index contributed by atoms with van der Waals surface area (Å²) in [5, 5.41) is 0. The molecule has 0 unspecified atom stereocenters. The van der Waals surface area contributed by atoms with Gasteiger partial charge in [0.25, 0.3) is 0 Å². The van der Waals surface area contributed by atoms with Gasteiger partial charge in [0.05, 0.1) is 11.4 Å². The van der Waals surface area contributed by atoms with Crippen molar-refractivity contribution in [3.63, 3.8) is 0 Å². The number of pyridine rings is 1. The molecular formula is C11H15Cl2N3V. The molecule has 0 aromatic carbocycles. The molecular weight excluding hydrogens is 296 g/mol. The van der Waals surface area contributed by atoms with Gasteiger partial charge in [0.2, 0.25) is 0 Å². The summed E-state index contributed by atoms with van der Waals surface area (Å²) in [4.78, 5) is 12.6. The molecule has 1 aromatic heterocycles. The topological polar surface area (TPSA) is 37.6 Å². The van der Waals surface area contributed by atoms with Crippen molar-refractivity contribution >= 4 is 12.4 Å². The van der Waals surface area contributed by atoms with Gasteiger partial charge in [0.1, 0.15) is 0 Å². The van der Waals surface area contributed by atoms with E-state index >= 15 is 0 Å². The predicted molar refractivity (Wildman–Crippen MR) is 60.5 cm³/mol. The zero-order chi connectivity index (χ0) is 10.2. The van der Waals surface area contributed by atoms with Crippen molar-refractivity contribution in [2.24, 2.45) is 9.98 Å². The molecule has 17 heavy (non-hydrogen) atoms. The Morgan fingerprint density at radius 2 is 1.41 bits per heavy atom. The zero-order valence-electron chi connectivity index (χ0n) is 9.85. The van der Waals surface area contributed by atoms with Crippen molar-refractivity contribution < 1.29 is 43.4 Å². The Bertz CT molecular complexity index is 314. The van der Waals surface area contributed by atoms with Crippen LogP contribution in [-0.2, 0) is 18.6 Å². The Hall–Kier alpha value is -0.346. The summed E-state index contributed by atoms with van der Waals surface area (Å²) in [6.07, 6.45) is 3.56. The van der Waals surface area contributed by atoms with Crippen LogP contribution in [0.3, 0.4) is 0 Å². The van der Waals surface area contributed by atoms with E-state index in [1.54, 1.807) is 12.4 Å². The number of halogens is 2. The SMILES string of the molecule is CCN=Cc1cccc(C=NCC)n1.[Cl-].[Cl-].[V+2]. The van der Waals surface area contributed by atoms with E-state index in [-0.39, 0.29) is 43.4 Å². The first-order chi connectivity index (χ1) is 6.86. The average molecular weight is 311 g/mol. The number of hydrogen-bond acceptors (Lipinski definition) is 3. The third-order valence-electron chi connectivity index (χ3n) is 1.60. The van der Waals surface area contributed by atoms with Crippen LogP contribution in [0.1, 0.15) is 25.2 Å². The maximum absolute atomic E-state index is 4.35. The van der Waals surface area contributed by atoms with Crippen LogP contribution in [0.5, 0.6) is 0 Å². The van der Waals surface area contributed by atoms with Crippen LogP contribution in [0.15, 0.2) is 28.2 Å². The molecule has 0 saturated carbocycles. The summed E-state index contributed by atoms with van der Waals surface area (Å²) in [6.45, 7) is 5.57. The van der Waals surface area contributed by atoms with Crippen LogP contribution in [0.4, 0.5) is 0 Å². The molecule has 0 aliphatic rings. The van der Waals surface area contributed by atoms with E-state index in [1.807, 2.05) is 32.0 Å². The summed E-state index contributed by atoms with van der Waals surface area (Å²) in [5.74, 6) is 0. The van der Waals surface area contributed by atoms with Gasteiger partial charge in [-0.1, -0.05) is 6.07 Å². The van der Waals surface area contributed by atoms with Crippen LogP contribution < -0.4 is 24.8 Å². The number of aliphatic imine (C=N–C) groups is 2. The van der Waals surface area contributed by atoms with Gasteiger partial charge in [0.15, 0.2) is 0 Å². The van der Waals surface area contributed by atoms with Gasteiger partial charge in [0, 0.05) is 25.5 Å². The fourth-order valence-electron chi connectivity index (χ4n) is 0.982. The van der Waals surface area contributed by atoms with E-state index < -0.39 is 0 Å². The molecule has 0 spiro atoms. The third kappa shape index (κ3) is 9.36. The Morgan fingerprint density at radius 3 is 1.76 bits per heavy atom. The molecule has 1 radical (unpaired) electrons. The van der Waals surface area contributed by atoms with E-state index in [1.165, 1.54) is 0 Å². The fraction of sp³-hybridized carbons (Fsp3) is 0.364. The smallest absolute Gasteiger partial charge is 1.00 e. The maximum atomic E-state index is 4.35. The van der Waals surface area contributed by atoms with Gasteiger partial charge in [-0.2, -0.15) is 0 Å². The summed E-state index contributed by atoms with van der Waals surface area (Å²) in [6, 6.07) is 5.83.